The number of hydrogen-bond donors (Lipinski definition) is 1. The Labute approximate surface area is 147 Å². The van der Waals surface area contributed by atoms with Crippen LogP contribution in [0.25, 0.3) is 10.9 Å². The number of pyridine rings is 1. The van der Waals surface area contributed by atoms with Crippen molar-refractivity contribution in [2.45, 2.75) is 26.2 Å². The normalized spacial score (nSPS) is 12.0. The molecule has 0 spiro atoms. The van der Waals surface area contributed by atoms with E-state index in [0.717, 1.165) is 33.5 Å². The first kappa shape index (κ1) is 17.0. The summed E-state index contributed by atoms with van der Waals surface area (Å²) in [6.07, 6.45) is 2.24. The first-order chi connectivity index (χ1) is 12.1. The summed E-state index contributed by atoms with van der Waals surface area (Å²) >= 11 is 0. The number of para-hydroxylation sites is 1. The van der Waals surface area contributed by atoms with E-state index in [0.29, 0.717) is 6.42 Å². The lowest BCUT2D eigenvalue weighted by molar-refractivity contribution is -0.116. The lowest BCUT2D eigenvalue weighted by atomic mass is 9.96. The zero-order valence-electron chi connectivity index (χ0n) is 14.7. The van der Waals surface area contributed by atoms with Crippen LogP contribution < -0.4 is 10.1 Å². The van der Waals surface area contributed by atoms with Crippen molar-refractivity contribution >= 4 is 22.5 Å². The second-order valence-electron chi connectivity index (χ2n) is 6.32. The maximum absolute atomic E-state index is 12.4. The number of ether oxygens (including phenoxy) is 1. The van der Waals surface area contributed by atoms with Crippen molar-refractivity contribution in [2.75, 3.05) is 12.4 Å². The van der Waals surface area contributed by atoms with Gasteiger partial charge in [0.25, 0.3) is 0 Å². The van der Waals surface area contributed by atoms with Crippen LogP contribution in [-0.4, -0.2) is 18.0 Å². The van der Waals surface area contributed by atoms with Crippen molar-refractivity contribution in [2.24, 2.45) is 0 Å². The number of benzene rings is 2. The zero-order chi connectivity index (χ0) is 17.8. The zero-order valence-corrected chi connectivity index (χ0v) is 14.7. The molecule has 2 aromatic carbocycles. The summed E-state index contributed by atoms with van der Waals surface area (Å²) in [7, 11) is 1.65. The molecule has 0 saturated heterocycles. The van der Waals surface area contributed by atoms with Crippen molar-refractivity contribution in [3.63, 3.8) is 0 Å². The molecule has 128 valence electrons. The molecular weight excluding hydrogens is 312 g/mol. The summed E-state index contributed by atoms with van der Waals surface area (Å²) in [6, 6.07) is 15.6. The number of nitrogens with one attached hydrogen (secondary N) is 1. The lowest BCUT2D eigenvalue weighted by Crippen LogP contribution is -2.14. The molecule has 1 amide bonds. The second kappa shape index (κ2) is 7.34. The van der Waals surface area contributed by atoms with Crippen LogP contribution in [0, 0.1) is 6.92 Å². The standard InChI is InChI=1S/C21H22N2O2/c1-14-10-16-12-17(8-9-19(16)22-13-14)23-21(24)11-15(2)18-6-4-5-7-20(18)25-3/h4-10,12-13,15H,11H2,1-3H3,(H,23,24). The van der Waals surface area contributed by atoms with Gasteiger partial charge in [-0.05, 0) is 54.3 Å². The summed E-state index contributed by atoms with van der Waals surface area (Å²) in [4.78, 5) is 16.8. The number of fused-ring (bicyclic) bond motifs is 1. The molecule has 0 bridgehead atoms. The maximum Gasteiger partial charge on any atom is 0.224 e. The number of carbonyl (C=O) groups is 1. The van der Waals surface area contributed by atoms with Gasteiger partial charge in [0, 0.05) is 23.7 Å². The molecule has 0 aliphatic rings. The van der Waals surface area contributed by atoms with E-state index < -0.39 is 0 Å². The van der Waals surface area contributed by atoms with Crippen LogP contribution in [0.2, 0.25) is 0 Å². The molecule has 0 radical (unpaired) electrons. The number of aromatic nitrogens is 1. The fraction of sp³-hybridized carbons (Fsp3) is 0.238. The predicted molar refractivity (Wildman–Crippen MR) is 101 cm³/mol. The average Bonchev–Trinajstić information content (AvgIpc) is 2.61. The number of carbonyl (C=O) groups excluding carboxylic acids is 1. The van der Waals surface area contributed by atoms with Crippen LogP contribution in [0.1, 0.15) is 30.4 Å². The highest BCUT2D eigenvalue weighted by molar-refractivity contribution is 5.94. The van der Waals surface area contributed by atoms with Gasteiger partial charge in [0.05, 0.1) is 12.6 Å². The highest BCUT2D eigenvalue weighted by Gasteiger charge is 2.15. The van der Waals surface area contributed by atoms with Gasteiger partial charge in [0.2, 0.25) is 5.91 Å². The first-order valence-electron chi connectivity index (χ1n) is 8.36. The Kier molecular flexibility index (Phi) is 4.98. The van der Waals surface area contributed by atoms with E-state index in [1.807, 2.05) is 62.5 Å². The molecule has 4 heteroatoms. The van der Waals surface area contributed by atoms with E-state index in [1.54, 1.807) is 7.11 Å². The van der Waals surface area contributed by atoms with Gasteiger partial charge in [0.15, 0.2) is 0 Å². The fourth-order valence-corrected chi connectivity index (χ4v) is 2.99. The highest BCUT2D eigenvalue weighted by Crippen LogP contribution is 2.28. The van der Waals surface area contributed by atoms with Crippen LogP contribution in [-0.2, 0) is 4.79 Å². The average molecular weight is 334 g/mol. The van der Waals surface area contributed by atoms with E-state index in [9.17, 15) is 4.79 Å². The maximum atomic E-state index is 12.4. The minimum absolute atomic E-state index is 0.0154. The van der Waals surface area contributed by atoms with E-state index in [4.69, 9.17) is 4.74 Å². The molecule has 0 aliphatic carbocycles. The van der Waals surface area contributed by atoms with Crippen molar-refractivity contribution < 1.29 is 9.53 Å². The molecule has 4 nitrogen and oxygen atoms in total. The smallest absolute Gasteiger partial charge is 0.224 e. The predicted octanol–water partition coefficient (Wildman–Crippen LogP) is 4.68. The third-order valence-electron chi connectivity index (χ3n) is 4.26. The van der Waals surface area contributed by atoms with Gasteiger partial charge in [-0.3, -0.25) is 9.78 Å². The van der Waals surface area contributed by atoms with Crippen molar-refractivity contribution in [3.05, 3.63) is 65.9 Å². The minimum atomic E-state index is -0.0154. The molecule has 1 atom stereocenters. The molecule has 25 heavy (non-hydrogen) atoms. The van der Waals surface area contributed by atoms with Crippen LogP contribution >= 0.6 is 0 Å². The summed E-state index contributed by atoms with van der Waals surface area (Å²) in [5.74, 6) is 0.869. The Morgan fingerprint density at radius 2 is 2.00 bits per heavy atom. The Morgan fingerprint density at radius 3 is 2.80 bits per heavy atom. The molecule has 0 aliphatic heterocycles. The van der Waals surface area contributed by atoms with Gasteiger partial charge < -0.3 is 10.1 Å². The molecule has 0 fully saturated rings. The topological polar surface area (TPSA) is 51.2 Å². The molecule has 1 N–H and O–H groups in total. The van der Waals surface area contributed by atoms with E-state index >= 15 is 0 Å². The quantitative estimate of drug-likeness (QED) is 0.737. The van der Waals surface area contributed by atoms with Gasteiger partial charge in [0.1, 0.15) is 5.75 Å². The Bertz CT molecular complexity index is 905. The molecular formula is C21H22N2O2. The molecule has 3 aromatic rings. The van der Waals surface area contributed by atoms with E-state index in [1.165, 1.54) is 0 Å². The summed E-state index contributed by atoms with van der Waals surface area (Å²) in [5, 5.41) is 4.01. The highest BCUT2D eigenvalue weighted by atomic mass is 16.5. The molecule has 3 rings (SSSR count). The summed E-state index contributed by atoms with van der Waals surface area (Å²) < 4.78 is 5.39. The molecule has 1 heterocycles. The minimum Gasteiger partial charge on any atom is -0.496 e. The van der Waals surface area contributed by atoms with E-state index in [-0.39, 0.29) is 11.8 Å². The van der Waals surface area contributed by atoms with Crippen LogP contribution in [0.4, 0.5) is 5.69 Å². The van der Waals surface area contributed by atoms with Gasteiger partial charge >= 0.3 is 0 Å². The Morgan fingerprint density at radius 1 is 1.20 bits per heavy atom. The Balaban J connectivity index is 1.72. The third kappa shape index (κ3) is 3.97. The van der Waals surface area contributed by atoms with Gasteiger partial charge in [-0.2, -0.15) is 0 Å². The number of anilines is 1. The number of hydrogen-bond acceptors (Lipinski definition) is 3. The monoisotopic (exact) mass is 334 g/mol. The number of aryl methyl sites for hydroxylation is 1. The number of rotatable bonds is 5. The fourth-order valence-electron chi connectivity index (χ4n) is 2.99. The van der Waals surface area contributed by atoms with Crippen molar-refractivity contribution in [1.82, 2.24) is 4.98 Å². The molecule has 1 aromatic heterocycles. The largest absolute Gasteiger partial charge is 0.496 e. The first-order valence-corrected chi connectivity index (χ1v) is 8.36. The number of nitrogens with zero attached hydrogens (tertiary/aromatic N) is 1. The van der Waals surface area contributed by atoms with Crippen LogP contribution in [0.3, 0.4) is 0 Å². The van der Waals surface area contributed by atoms with Crippen molar-refractivity contribution in [3.8, 4) is 5.75 Å². The SMILES string of the molecule is COc1ccccc1C(C)CC(=O)Nc1ccc2ncc(C)cc2c1. The lowest BCUT2D eigenvalue weighted by Gasteiger charge is -2.15. The van der Waals surface area contributed by atoms with Gasteiger partial charge in [-0.1, -0.05) is 25.1 Å². The number of methoxy groups -OCH3 is 1. The van der Waals surface area contributed by atoms with Crippen LogP contribution in [0.5, 0.6) is 5.75 Å². The van der Waals surface area contributed by atoms with Gasteiger partial charge in [-0.25, -0.2) is 0 Å². The summed E-state index contributed by atoms with van der Waals surface area (Å²) in [5.41, 5.74) is 3.85. The second-order valence-corrected chi connectivity index (χ2v) is 6.32. The molecule has 1 unspecified atom stereocenters. The third-order valence-corrected chi connectivity index (χ3v) is 4.26. The molecule has 0 saturated carbocycles. The van der Waals surface area contributed by atoms with Gasteiger partial charge in [-0.15, -0.1) is 0 Å². The van der Waals surface area contributed by atoms with Crippen LogP contribution in [0.15, 0.2) is 54.7 Å². The van der Waals surface area contributed by atoms with Crippen molar-refractivity contribution in [1.29, 1.82) is 0 Å². The van der Waals surface area contributed by atoms with E-state index in [2.05, 4.69) is 16.4 Å². The summed E-state index contributed by atoms with van der Waals surface area (Å²) in [6.45, 7) is 4.04. The number of amides is 1. The Hall–Kier alpha value is -2.88.